The standard InChI is InChI=1S/C6H5N3S/c10-4-1-2-5-6(3-4)8-9-7-5/h1-3,10H,(H,7,8,9). The monoisotopic (exact) mass is 151 g/mol. The first-order valence-electron chi connectivity index (χ1n) is 2.86. The summed E-state index contributed by atoms with van der Waals surface area (Å²) < 4.78 is 0. The summed E-state index contributed by atoms with van der Waals surface area (Å²) in [6.07, 6.45) is 0. The maximum absolute atomic E-state index is 4.15. The van der Waals surface area contributed by atoms with Gasteiger partial charge in [-0.05, 0) is 18.2 Å². The number of benzene rings is 1. The fourth-order valence-electron chi connectivity index (χ4n) is 0.829. The Kier molecular flexibility index (Phi) is 1.14. The van der Waals surface area contributed by atoms with E-state index in [1.165, 1.54) is 0 Å². The molecule has 4 heteroatoms. The van der Waals surface area contributed by atoms with E-state index in [2.05, 4.69) is 28.0 Å². The molecule has 3 nitrogen and oxygen atoms in total. The second-order valence-corrected chi connectivity index (χ2v) is 2.51. The van der Waals surface area contributed by atoms with Crippen LogP contribution >= 0.6 is 12.6 Å². The number of thiol groups is 1. The number of aromatic amines is 1. The molecule has 50 valence electrons. The Labute approximate surface area is 62.9 Å². The molecule has 2 rings (SSSR count). The van der Waals surface area contributed by atoms with Crippen LogP contribution in [0.3, 0.4) is 0 Å². The minimum atomic E-state index is 0.854. The summed E-state index contributed by atoms with van der Waals surface area (Å²) in [5.41, 5.74) is 1.73. The van der Waals surface area contributed by atoms with Gasteiger partial charge >= 0.3 is 0 Å². The lowest BCUT2D eigenvalue weighted by molar-refractivity contribution is 0.959. The Morgan fingerprint density at radius 2 is 2.00 bits per heavy atom. The smallest absolute Gasteiger partial charge is 0.114 e. The molecule has 1 aromatic carbocycles. The van der Waals surface area contributed by atoms with Gasteiger partial charge in [0.25, 0.3) is 0 Å². The Morgan fingerprint density at radius 3 is 2.90 bits per heavy atom. The van der Waals surface area contributed by atoms with Gasteiger partial charge < -0.3 is 0 Å². The lowest BCUT2D eigenvalue weighted by Gasteiger charge is -1.86. The van der Waals surface area contributed by atoms with Crippen LogP contribution in [0.25, 0.3) is 11.0 Å². The molecule has 10 heavy (non-hydrogen) atoms. The Morgan fingerprint density at radius 1 is 1.20 bits per heavy atom. The summed E-state index contributed by atoms with van der Waals surface area (Å²) in [6, 6.07) is 5.62. The maximum Gasteiger partial charge on any atom is 0.114 e. The third-order valence-corrected chi connectivity index (χ3v) is 1.58. The number of rotatable bonds is 0. The summed E-state index contributed by atoms with van der Waals surface area (Å²) in [5.74, 6) is 0. The van der Waals surface area contributed by atoms with Gasteiger partial charge in [-0.15, -0.1) is 12.6 Å². The second kappa shape index (κ2) is 1.98. The van der Waals surface area contributed by atoms with Crippen LogP contribution in [-0.4, -0.2) is 15.4 Å². The van der Waals surface area contributed by atoms with Gasteiger partial charge in [-0.25, -0.2) is 0 Å². The summed E-state index contributed by atoms with van der Waals surface area (Å²) in [5, 5.41) is 10.3. The number of fused-ring (bicyclic) bond motifs is 1. The Balaban J connectivity index is 2.86. The molecule has 1 aromatic heterocycles. The van der Waals surface area contributed by atoms with Crippen LogP contribution in [0.2, 0.25) is 0 Å². The van der Waals surface area contributed by atoms with E-state index in [1.807, 2.05) is 18.2 Å². The summed E-state index contributed by atoms with van der Waals surface area (Å²) in [4.78, 5) is 0.904. The molecular weight excluding hydrogens is 146 g/mol. The van der Waals surface area contributed by atoms with Crippen molar-refractivity contribution in [3.8, 4) is 0 Å². The normalized spacial score (nSPS) is 10.5. The molecule has 1 heterocycles. The van der Waals surface area contributed by atoms with Crippen LogP contribution in [0, 0.1) is 0 Å². The predicted molar refractivity (Wildman–Crippen MR) is 41.1 cm³/mol. The largest absolute Gasteiger partial charge is 0.197 e. The maximum atomic E-state index is 4.15. The molecule has 0 saturated carbocycles. The van der Waals surface area contributed by atoms with Gasteiger partial charge in [-0.2, -0.15) is 15.4 Å². The first-order chi connectivity index (χ1) is 4.86. The number of nitrogens with zero attached hydrogens (tertiary/aromatic N) is 2. The van der Waals surface area contributed by atoms with E-state index in [0.717, 1.165) is 15.9 Å². The van der Waals surface area contributed by atoms with Crippen molar-refractivity contribution in [2.24, 2.45) is 0 Å². The molecule has 0 amide bonds. The van der Waals surface area contributed by atoms with E-state index in [9.17, 15) is 0 Å². The predicted octanol–water partition coefficient (Wildman–Crippen LogP) is 1.25. The summed E-state index contributed by atoms with van der Waals surface area (Å²) in [7, 11) is 0. The highest BCUT2D eigenvalue weighted by molar-refractivity contribution is 7.80. The molecule has 0 saturated heterocycles. The molecule has 0 atom stereocenters. The van der Waals surface area contributed by atoms with Crippen molar-refractivity contribution in [3.63, 3.8) is 0 Å². The van der Waals surface area contributed by atoms with Crippen molar-refractivity contribution in [2.75, 3.05) is 0 Å². The lowest BCUT2D eigenvalue weighted by Crippen LogP contribution is -1.68. The van der Waals surface area contributed by atoms with E-state index in [0.29, 0.717) is 0 Å². The van der Waals surface area contributed by atoms with Crippen LogP contribution in [-0.2, 0) is 0 Å². The topological polar surface area (TPSA) is 41.6 Å². The quantitative estimate of drug-likeness (QED) is 0.556. The Hall–Kier alpha value is -1.03. The Bertz CT molecular complexity index is 355. The minimum absolute atomic E-state index is 0.854. The average Bonchev–Trinajstić information content (AvgIpc) is 2.33. The van der Waals surface area contributed by atoms with Gasteiger partial charge in [0.1, 0.15) is 11.0 Å². The number of hydrogen-bond donors (Lipinski definition) is 2. The fourth-order valence-corrected chi connectivity index (χ4v) is 1.03. The molecule has 0 aliphatic carbocycles. The van der Waals surface area contributed by atoms with Crippen molar-refractivity contribution in [1.82, 2.24) is 15.4 Å². The van der Waals surface area contributed by atoms with Gasteiger partial charge in [-0.1, -0.05) is 0 Å². The molecule has 0 fully saturated rings. The number of hydrogen-bond acceptors (Lipinski definition) is 3. The molecule has 0 bridgehead atoms. The second-order valence-electron chi connectivity index (χ2n) is 2.00. The summed E-state index contributed by atoms with van der Waals surface area (Å²) >= 11 is 4.15. The molecule has 0 aliphatic heterocycles. The fraction of sp³-hybridized carbons (Fsp3) is 0. The molecule has 2 aromatic rings. The number of H-pyrrole nitrogens is 1. The highest BCUT2D eigenvalue weighted by atomic mass is 32.1. The average molecular weight is 151 g/mol. The van der Waals surface area contributed by atoms with Crippen molar-refractivity contribution in [2.45, 2.75) is 4.90 Å². The van der Waals surface area contributed by atoms with Crippen molar-refractivity contribution >= 4 is 23.7 Å². The zero-order valence-corrected chi connectivity index (χ0v) is 5.97. The zero-order chi connectivity index (χ0) is 6.97. The van der Waals surface area contributed by atoms with Crippen LogP contribution < -0.4 is 0 Å². The van der Waals surface area contributed by atoms with E-state index in [4.69, 9.17) is 0 Å². The van der Waals surface area contributed by atoms with Gasteiger partial charge in [0.05, 0.1) is 0 Å². The third-order valence-electron chi connectivity index (χ3n) is 1.30. The lowest BCUT2D eigenvalue weighted by atomic mass is 10.3. The van der Waals surface area contributed by atoms with E-state index >= 15 is 0 Å². The molecule has 0 unspecified atom stereocenters. The molecule has 1 N–H and O–H groups in total. The van der Waals surface area contributed by atoms with Gasteiger partial charge in [0, 0.05) is 4.90 Å². The SMILES string of the molecule is Sc1ccc2n[nH]nc2c1. The highest BCUT2D eigenvalue weighted by Gasteiger charge is 1.95. The molecule has 0 radical (unpaired) electrons. The van der Waals surface area contributed by atoms with Crippen molar-refractivity contribution in [1.29, 1.82) is 0 Å². The van der Waals surface area contributed by atoms with Crippen molar-refractivity contribution < 1.29 is 0 Å². The highest BCUT2D eigenvalue weighted by Crippen LogP contribution is 2.12. The van der Waals surface area contributed by atoms with E-state index in [-0.39, 0.29) is 0 Å². The summed E-state index contributed by atoms with van der Waals surface area (Å²) in [6.45, 7) is 0. The molecular formula is C6H5N3S. The van der Waals surface area contributed by atoms with E-state index in [1.54, 1.807) is 0 Å². The van der Waals surface area contributed by atoms with Gasteiger partial charge in [-0.3, -0.25) is 0 Å². The van der Waals surface area contributed by atoms with Crippen LogP contribution in [0.4, 0.5) is 0 Å². The first kappa shape index (κ1) is 5.73. The number of aromatic nitrogens is 3. The van der Waals surface area contributed by atoms with Crippen LogP contribution in [0.15, 0.2) is 23.1 Å². The van der Waals surface area contributed by atoms with Crippen LogP contribution in [0.1, 0.15) is 0 Å². The zero-order valence-electron chi connectivity index (χ0n) is 5.07. The van der Waals surface area contributed by atoms with Gasteiger partial charge in [0.2, 0.25) is 0 Å². The van der Waals surface area contributed by atoms with Crippen molar-refractivity contribution in [3.05, 3.63) is 18.2 Å². The molecule has 0 aliphatic rings. The molecule has 0 spiro atoms. The third kappa shape index (κ3) is 0.769. The van der Waals surface area contributed by atoms with E-state index < -0.39 is 0 Å². The van der Waals surface area contributed by atoms with Crippen LogP contribution in [0.5, 0.6) is 0 Å². The minimum Gasteiger partial charge on any atom is -0.197 e. The first-order valence-corrected chi connectivity index (χ1v) is 3.30. The van der Waals surface area contributed by atoms with Gasteiger partial charge in [0.15, 0.2) is 0 Å². The number of nitrogens with one attached hydrogen (secondary N) is 1.